The number of nitrogens with zero attached hydrogens (tertiary/aromatic N) is 1. The Morgan fingerprint density at radius 3 is 2.12 bits per heavy atom. The zero-order chi connectivity index (χ0) is 30.5. The Hall–Kier alpha value is -2.87. The van der Waals surface area contributed by atoms with E-state index in [1.807, 2.05) is 82.8 Å². The Labute approximate surface area is 262 Å². The largest absolute Gasteiger partial charge is 0.507 e. The van der Waals surface area contributed by atoms with Gasteiger partial charge in [-0.25, -0.2) is 0 Å². The lowest BCUT2D eigenvalue weighted by atomic mass is 9.78. The molecule has 3 rings (SSSR count). The fourth-order valence-electron chi connectivity index (χ4n) is 5.62. The third-order valence-electron chi connectivity index (χ3n) is 7.81. The van der Waals surface area contributed by atoms with Crippen LogP contribution in [0.4, 0.5) is 0 Å². The molecule has 0 radical (unpaired) electrons. The van der Waals surface area contributed by atoms with E-state index in [1.165, 1.54) is 6.92 Å². The summed E-state index contributed by atoms with van der Waals surface area (Å²) in [6.07, 6.45) is 2.71. The zero-order valence-electron chi connectivity index (χ0n) is 26.6. The van der Waals surface area contributed by atoms with Crippen LogP contribution in [0.2, 0.25) is 0 Å². The first kappa shape index (κ1) is 35.3. The maximum absolute atomic E-state index is 13.7. The van der Waals surface area contributed by atoms with Gasteiger partial charge in [0, 0.05) is 42.6 Å². The number of aromatic hydroxyl groups is 1. The summed E-state index contributed by atoms with van der Waals surface area (Å²) in [5.41, 5.74) is 2.54. The molecule has 1 fully saturated rings. The Kier molecular flexibility index (Phi) is 12.2. The number of halogens is 1. The number of Topliss-reactive ketones (excluding diaryl/α,β-unsaturated/α-hetero) is 1. The molecule has 0 aromatic heterocycles. The van der Waals surface area contributed by atoms with Crippen LogP contribution in [0.25, 0.3) is 0 Å². The highest BCUT2D eigenvalue weighted by Crippen LogP contribution is 2.41. The summed E-state index contributed by atoms with van der Waals surface area (Å²) in [4.78, 5) is 26.6. The fraction of sp³-hybridized carbons (Fsp3) is 0.559. The minimum Gasteiger partial charge on any atom is -0.507 e. The SMILES string of the molecule is Br.CCC[C@@H]1CN(CC(=O)c2cc(C(C)(C)C)c(O)c(C(C)(C)C)c2)C(=N)[C@@H]1c1ccc(OCCCNC(C)=O)cc1. The maximum atomic E-state index is 13.7. The first-order valence-electron chi connectivity index (χ1n) is 14.8. The van der Waals surface area contributed by atoms with Crippen LogP contribution in [0.3, 0.4) is 0 Å². The lowest BCUT2D eigenvalue weighted by molar-refractivity contribution is -0.118. The highest BCUT2D eigenvalue weighted by Gasteiger charge is 2.39. The summed E-state index contributed by atoms with van der Waals surface area (Å²) in [6.45, 7) is 17.8. The molecule has 2 aromatic rings. The number of amides is 1. The van der Waals surface area contributed by atoms with E-state index in [4.69, 9.17) is 10.1 Å². The second-order valence-corrected chi connectivity index (χ2v) is 13.4. The number of amidine groups is 1. The van der Waals surface area contributed by atoms with Crippen LogP contribution < -0.4 is 10.1 Å². The predicted molar refractivity (Wildman–Crippen MR) is 176 cm³/mol. The predicted octanol–water partition coefficient (Wildman–Crippen LogP) is 7.15. The van der Waals surface area contributed by atoms with Gasteiger partial charge in [-0.15, -0.1) is 17.0 Å². The monoisotopic (exact) mass is 643 g/mol. The van der Waals surface area contributed by atoms with Gasteiger partial charge in [-0.05, 0) is 59.4 Å². The van der Waals surface area contributed by atoms with E-state index in [9.17, 15) is 14.7 Å². The second-order valence-electron chi connectivity index (χ2n) is 13.4. The van der Waals surface area contributed by atoms with E-state index in [-0.39, 0.29) is 63.6 Å². The lowest BCUT2D eigenvalue weighted by Gasteiger charge is -2.28. The number of hydrogen-bond donors (Lipinski definition) is 3. The summed E-state index contributed by atoms with van der Waals surface area (Å²) >= 11 is 0. The van der Waals surface area contributed by atoms with Crippen molar-refractivity contribution in [2.75, 3.05) is 26.2 Å². The van der Waals surface area contributed by atoms with Gasteiger partial charge in [0.1, 0.15) is 17.3 Å². The zero-order valence-corrected chi connectivity index (χ0v) is 28.3. The highest BCUT2D eigenvalue weighted by molar-refractivity contribution is 8.93. The third kappa shape index (κ3) is 8.82. The number of ether oxygens (including phenoxy) is 1. The van der Waals surface area contributed by atoms with Crippen molar-refractivity contribution in [3.8, 4) is 11.5 Å². The van der Waals surface area contributed by atoms with E-state index in [2.05, 4.69) is 12.2 Å². The normalized spacial score (nSPS) is 17.1. The minimum absolute atomic E-state index is 0. The number of carbonyl (C=O) groups excluding carboxylic acids is 2. The molecular formula is C34H50BrN3O4. The first-order chi connectivity index (χ1) is 19.1. The van der Waals surface area contributed by atoms with Gasteiger partial charge < -0.3 is 20.1 Å². The molecule has 1 amide bonds. The van der Waals surface area contributed by atoms with Crippen molar-refractivity contribution in [2.45, 2.75) is 91.4 Å². The van der Waals surface area contributed by atoms with Crippen LogP contribution in [-0.2, 0) is 15.6 Å². The molecule has 8 heteroatoms. The van der Waals surface area contributed by atoms with Crippen LogP contribution in [0.15, 0.2) is 36.4 Å². The van der Waals surface area contributed by atoms with Crippen LogP contribution in [0, 0.1) is 11.3 Å². The summed E-state index contributed by atoms with van der Waals surface area (Å²) < 4.78 is 5.83. The summed E-state index contributed by atoms with van der Waals surface area (Å²) in [7, 11) is 0. The molecule has 1 aliphatic heterocycles. The molecular weight excluding hydrogens is 594 g/mol. The summed E-state index contributed by atoms with van der Waals surface area (Å²) in [5.74, 6) is 1.59. The number of carbonyl (C=O) groups is 2. The van der Waals surface area contributed by atoms with Gasteiger partial charge in [0.25, 0.3) is 0 Å². The number of benzene rings is 2. The summed E-state index contributed by atoms with van der Waals surface area (Å²) in [5, 5.41) is 22.9. The molecule has 3 N–H and O–H groups in total. The molecule has 7 nitrogen and oxygen atoms in total. The van der Waals surface area contributed by atoms with Crippen molar-refractivity contribution in [3.63, 3.8) is 0 Å². The number of rotatable bonds is 11. The van der Waals surface area contributed by atoms with E-state index >= 15 is 0 Å². The van der Waals surface area contributed by atoms with Crippen LogP contribution >= 0.6 is 17.0 Å². The van der Waals surface area contributed by atoms with Gasteiger partial charge in [0.15, 0.2) is 5.78 Å². The maximum Gasteiger partial charge on any atom is 0.216 e. The molecule has 0 spiro atoms. The van der Waals surface area contributed by atoms with Crippen LogP contribution in [-0.4, -0.2) is 53.8 Å². The van der Waals surface area contributed by atoms with Crippen molar-refractivity contribution in [3.05, 3.63) is 58.7 Å². The van der Waals surface area contributed by atoms with Crippen molar-refractivity contribution in [1.29, 1.82) is 5.41 Å². The Morgan fingerprint density at radius 1 is 1.05 bits per heavy atom. The van der Waals surface area contributed by atoms with Gasteiger partial charge in [-0.2, -0.15) is 0 Å². The second kappa shape index (κ2) is 14.5. The van der Waals surface area contributed by atoms with Crippen LogP contribution in [0.5, 0.6) is 11.5 Å². The standard InChI is InChI=1S/C34H49N3O4.BrH/c1-9-11-24-20-37(21-29(39)25-18-27(33(3,4)5)31(40)28(19-25)34(6,7)8)32(35)30(24)23-12-14-26(15-13-23)41-17-10-16-36-22(2)38;/h12-15,18-19,24,30,35,40H,9-11,16-17,20-21H2,1-8H3,(H,36,38);1H/t24-,30-;/m1./s1. The van der Waals surface area contributed by atoms with E-state index in [0.29, 0.717) is 31.1 Å². The molecule has 2 atom stereocenters. The Bertz CT molecular complexity index is 1210. The average Bonchev–Trinajstić information content (AvgIpc) is 3.17. The summed E-state index contributed by atoms with van der Waals surface area (Å²) in [6, 6.07) is 11.6. The molecule has 1 heterocycles. The van der Waals surface area contributed by atoms with Crippen molar-refractivity contribution >= 4 is 34.5 Å². The molecule has 0 unspecified atom stereocenters. The van der Waals surface area contributed by atoms with Gasteiger partial charge in [0.2, 0.25) is 5.91 Å². The van der Waals surface area contributed by atoms with Crippen molar-refractivity contribution in [2.24, 2.45) is 5.92 Å². The van der Waals surface area contributed by atoms with Gasteiger partial charge in [-0.1, -0.05) is 67.0 Å². The number of phenolic OH excluding ortho intramolecular Hbond substituents is 1. The topological polar surface area (TPSA) is 103 Å². The number of likely N-dealkylation sites (tertiary alicyclic amines) is 1. The first-order valence-corrected chi connectivity index (χ1v) is 14.8. The highest BCUT2D eigenvalue weighted by atomic mass is 79.9. The minimum atomic E-state index is -0.320. The Morgan fingerprint density at radius 2 is 1.62 bits per heavy atom. The van der Waals surface area contributed by atoms with Gasteiger partial charge in [-0.3, -0.25) is 15.0 Å². The quantitative estimate of drug-likeness (QED) is 0.178. The fourth-order valence-corrected chi connectivity index (χ4v) is 5.62. The molecule has 0 bridgehead atoms. The molecule has 0 saturated carbocycles. The van der Waals surface area contributed by atoms with Gasteiger partial charge >= 0.3 is 0 Å². The van der Waals surface area contributed by atoms with Crippen molar-refractivity contribution < 1.29 is 19.4 Å². The van der Waals surface area contributed by atoms with E-state index in [1.54, 1.807) is 0 Å². The molecule has 42 heavy (non-hydrogen) atoms. The molecule has 2 aromatic carbocycles. The third-order valence-corrected chi connectivity index (χ3v) is 7.81. The average molecular weight is 645 g/mol. The van der Waals surface area contributed by atoms with E-state index in [0.717, 1.165) is 41.7 Å². The lowest BCUT2D eigenvalue weighted by Crippen LogP contribution is -2.32. The number of ketones is 1. The molecule has 1 aliphatic rings. The van der Waals surface area contributed by atoms with E-state index < -0.39 is 0 Å². The Balaban J connectivity index is 0.00000616. The number of nitrogens with one attached hydrogen (secondary N) is 2. The number of hydrogen-bond acceptors (Lipinski definition) is 5. The molecule has 232 valence electrons. The smallest absolute Gasteiger partial charge is 0.216 e. The van der Waals surface area contributed by atoms with Gasteiger partial charge in [0.05, 0.1) is 13.2 Å². The molecule has 0 aliphatic carbocycles. The number of phenols is 1. The van der Waals surface area contributed by atoms with Crippen LogP contribution in [0.1, 0.15) is 108 Å². The van der Waals surface area contributed by atoms with Crippen molar-refractivity contribution in [1.82, 2.24) is 10.2 Å². The molecule has 1 saturated heterocycles.